The molecule has 0 spiro atoms. The highest BCUT2D eigenvalue weighted by atomic mass is 32.2. The molecule has 4 N–H and O–H groups in total. The number of para-hydroxylation sites is 1. The first-order valence-electron chi connectivity index (χ1n) is 7.78. The van der Waals surface area contributed by atoms with Crippen molar-refractivity contribution in [3.05, 3.63) is 24.3 Å². The van der Waals surface area contributed by atoms with Gasteiger partial charge in [-0.15, -0.1) is 11.8 Å². The second-order valence-electron chi connectivity index (χ2n) is 5.64. The number of anilines is 1. The number of nitrogens with two attached hydrogens (primary N) is 1. The number of primary amides is 1. The molecule has 0 saturated carbocycles. The summed E-state index contributed by atoms with van der Waals surface area (Å²) in [4.78, 5) is 25.4. The van der Waals surface area contributed by atoms with Gasteiger partial charge >= 0.3 is 0 Å². The largest absolute Gasteiger partial charge is 0.369 e. The van der Waals surface area contributed by atoms with Crippen molar-refractivity contribution in [3.8, 4) is 0 Å². The lowest BCUT2D eigenvalue weighted by Gasteiger charge is -2.17. The predicted molar refractivity (Wildman–Crippen MR) is 89.0 cm³/mol. The van der Waals surface area contributed by atoms with Gasteiger partial charge in [0.1, 0.15) is 0 Å². The van der Waals surface area contributed by atoms with Gasteiger partial charge in [-0.25, -0.2) is 0 Å². The van der Waals surface area contributed by atoms with E-state index in [1.54, 1.807) is 0 Å². The topological polar surface area (TPSA) is 76.6 Å². The van der Waals surface area contributed by atoms with Crippen LogP contribution < -0.4 is 16.0 Å². The molecule has 22 heavy (non-hydrogen) atoms. The zero-order valence-electron chi connectivity index (χ0n) is 12.8. The molecule has 0 bridgehead atoms. The number of carbonyl (C=O) groups is 2. The Labute approximate surface area is 135 Å². The summed E-state index contributed by atoms with van der Waals surface area (Å²) < 4.78 is 0. The summed E-state index contributed by atoms with van der Waals surface area (Å²) in [7, 11) is 0. The first kappa shape index (κ1) is 16.8. The molecule has 0 aromatic heterocycles. The van der Waals surface area contributed by atoms with E-state index >= 15 is 0 Å². The average Bonchev–Trinajstić information content (AvgIpc) is 2.75. The Balaban J connectivity index is 1.91. The second-order valence-corrected chi connectivity index (χ2v) is 6.66. The molecule has 0 aliphatic carbocycles. The number of rotatable bonds is 6. The standard InChI is InChI=1S/C16H23N3O2S/c17-15(20)12-22-14-8-4-3-7-13(14)18-16(21)11-19-9-5-1-2-6-10-19/h3-4,7-8H,1-2,5-6,9-12H2,(H2,17,20)(H,18,21)/p+1. The second kappa shape index (κ2) is 8.80. The number of nitrogens with one attached hydrogen (secondary N) is 2. The van der Waals surface area contributed by atoms with Gasteiger partial charge in [0, 0.05) is 4.90 Å². The Kier molecular flexibility index (Phi) is 6.74. The van der Waals surface area contributed by atoms with E-state index in [1.807, 2.05) is 24.3 Å². The zero-order valence-corrected chi connectivity index (χ0v) is 13.6. The van der Waals surface area contributed by atoms with Crippen LogP contribution in [0.25, 0.3) is 0 Å². The SMILES string of the molecule is NC(=O)CSc1ccccc1NC(=O)C[NH+]1CCCCCC1. The molecule has 0 atom stereocenters. The number of amides is 2. The highest BCUT2D eigenvalue weighted by Gasteiger charge is 2.17. The summed E-state index contributed by atoms with van der Waals surface area (Å²) >= 11 is 1.35. The molecule has 0 unspecified atom stereocenters. The number of quaternary nitrogens is 1. The van der Waals surface area contributed by atoms with Crippen LogP contribution in [-0.4, -0.2) is 37.2 Å². The molecule has 1 aliphatic heterocycles. The smallest absolute Gasteiger partial charge is 0.279 e. The maximum absolute atomic E-state index is 12.3. The molecular weight excluding hydrogens is 298 g/mol. The highest BCUT2D eigenvalue weighted by molar-refractivity contribution is 8.00. The summed E-state index contributed by atoms with van der Waals surface area (Å²) in [5, 5.41) is 2.97. The molecule has 1 heterocycles. The van der Waals surface area contributed by atoms with Crippen LogP contribution in [0.15, 0.2) is 29.2 Å². The molecule has 1 saturated heterocycles. The quantitative estimate of drug-likeness (QED) is 0.674. The fourth-order valence-electron chi connectivity index (χ4n) is 2.67. The first-order chi connectivity index (χ1) is 10.6. The van der Waals surface area contributed by atoms with Crippen molar-refractivity contribution >= 4 is 29.3 Å². The van der Waals surface area contributed by atoms with E-state index in [2.05, 4.69) is 5.32 Å². The monoisotopic (exact) mass is 322 g/mol. The van der Waals surface area contributed by atoms with Gasteiger partial charge in [-0.2, -0.15) is 0 Å². The Morgan fingerprint density at radius 3 is 2.50 bits per heavy atom. The zero-order chi connectivity index (χ0) is 15.8. The summed E-state index contributed by atoms with van der Waals surface area (Å²) in [6, 6.07) is 7.52. The molecular formula is C16H24N3O2S+. The van der Waals surface area contributed by atoms with E-state index in [0.29, 0.717) is 6.54 Å². The van der Waals surface area contributed by atoms with Crippen LogP contribution in [0.5, 0.6) is 0 Å². The van der Waals surface area contributed by atoms with E-state index in [1.165, 1.54) is 42.3 Å². The molecule has 1 aromatic carbocycles. The van der Waals surface area contributed by atoms with Crippen molar-refractivity contribution < 1.29 is 14.5 Å². The van der Waals surface area contributed by atoms with E-state index < -0.39 is 0 Å². The molecule has 1 aromatic rings. The minimum atomic E-state index is -0.361. The number of likely N-dealkylation sites (tertiary alicyclic amines) is 1. The molecule has 120 valence electrons. The predicted octanol–water partition coefficient (Wildman–Crippen LogP) is 0.661. The van der Waals surface area contributed by atoms with E-state index in [-0.39, 0.29) is 17.6 Å². The maximum Gasteiger partial charge on any atom is 0.279 e. The number of benzene rings is 1. The lowest BCUT2D eigenvalue weighted by atomic mass is 10.2. The molecule has 6 heteroatoms. The molecule has 1 aliphatic rings. The summed E-state index contributed by atoms with van der Waals surface area (Å²) in [6.45, 7) is 2.66. The lowest BCUT2D eigenvalue weighted by Crippen LogP contribution is -3.12. The van der Waals surface area contributed by atoms with Gasteiger partial charge in [0.2, 0.25) is 5.91 Å². The third-order valence-corrected chi connectivity index (χ3v) is 4.85. The molecule has 2 amide bonds. The van der Waals surface area contributed by atoms with Crippen LogP contribution in [0.1, 0.15) is 25.7 Å². The van der Waals surface area contributed by atoms with E-state index in [9.17, 15) is 9.59 Å². The minimum absolute atomic E-state index is 0.0315. The van der Waals surface area contributed by atoms with Crippen molar-refractivity contribution in [2.75, 3.05) is 30.7 Å². The van der Waals surface area contributed by atoms with Gasteiger partial charge in [-0.3, -0.25) is 9.59 Å². The van der Waals surface area contributed by atoms with Crippen molar-refractivity contribution in [3.63, 3.8) is 0 Å². The fourth-order valence-corrected chi connectivity index (χ4v) is 3.42. The Morgan fingerprint density at radius 2 is 1.82 bits per heavy atom. The van der Waals surface area contributed by atoms with Gasteiger partial charge in [-0.1, -0.05) is 12.1 Å². The van der Waals surface area contributed by atoms with Crippen LogP contribution in [0, 0.1) is 0 Å². The molecule has 0 radical (unpaired) electrons. The Hall–Kier alpha value is -1.53. The number of hydrogen-bond donors (Lipinski definition) is 3. The third kappa shape index (κ3) is 5.69. The summed E-state index contributed by atoms with van der Waals surface area (Å²) in [6.07, 6.45) is 4.96. The van der Waals surface area contributed by atoms with Crippen molar-refractivity contribution in [1.82, 2.24) is 0 Å². The van der Waals surface area contributed by atoms with Crippen molar-refractivity contribution in [1.29, 1.82) is 0 Å². The van der Waals surface area contributed by atoms with Crippen molar-refractivity contribution in [2.24, 2.45) is 5.73 Å². The number of carbonyl (C=O) groups excluding carboxylic acids is 2. The Bertz CT molecular complexity index is 514. The van der Waals surface area contributed by atoms with Crippen molar-refractivity contribution in [2.45, 2.75) is 30.6 Å². The van der Waals surface area contributed by atoms with E-state index in [4.69, 9.17) is 5.73 Å². The molecule has 5 nitrogen and oxygen atoms in total. The van der Waals surface area contributed by atoms with Gasteiger partial charge in [0.05, 0.1) is 24.5 Å². The van der Waals surface area contributed by atoms with Gasteiger partial charge in [0.15, 0.2) is 6.54 Å². The van der Waals surface area contributed by atoms with Crippen LogP contribution in [0.3, 0.4) is 0 Å². The number of thioether (sulfide) groups is 1. The van der Waals surface area contributed by atoms with Crippen LogP contribution in [0.4, 0.5) is 5.69 Å². The minimum Gasteiger partial charge on any atom is -0.369 e. The summed E-state index contributed by atoms with van der Waals surface area (Å²) in [5.74, 6) is -0.117. The van der Waals surface area contributed by atoms with E-state index in [0.717, 1.165) is 23.7 Å². The molecule has 1 fully saturated rings. The maximum atomic E-state index is 12.3. The average molecular weight is 322 g/mol. The van der Waals surface area contributed by atoms with Crippen LogP contribution in [-0.2, 0) is 9.59 Å². The Morgan fingerprint density at radius 1 is 1.14 bits per heavy atom. The number of hydrogen-bond acceptors (Lipinski definition) is 3. The van der Waals surface area contributed by atoms with Crippen LogP contribution in [0.2, 0.25) is 0 Å². The van der Waals surface area contributed by atoms with Gasteiger partial charge in [-0.05, 0) is 37.8 Å². The van der Waals surface area contributed by atoms with Crippen LogP contribution >= 0.6 is 11.8 Å². The highest BCUT2D eigenvalue weighted by Crippen LogP contribution is 2.26. The third-order valence-electron chi connectivity index (χ3n) is 3.75. The lowest BCUT2D eigenvalue weighted by molar-refractivity contribution is -0.890. The van der Waals surface area contributed by atoms with Gasteiger partial charge < -0.3 is 16.0 Å². The first-order valence-corrected chi connectivity index (χ1v) is 8.77. The summed E-state index contributed by atoms with van der Waals surface area (Å²) in [5.41, 5.74) is 5.94. The fraction of sp³-hybridized carbons (Fsp3) is 0.500. The normalized spacial score (nSPS) is 16.0. The van der Waals surface area contributed by atoms with Gasteiger partial charge in [0.25, 0.3) is 5.91 Å². The molecule has 2 rings (SSSR count).